The van der Waals surface area contributed by atoms with E-state index in [1.807, 2.05) is 0 Å². The fourth-order valence-electron chi connectivity index (χ4n) is 3.35. The van der Waals surface area contributed by atoms with Crippen molar-refractivity contribution in [2.24, 2.45) is 0 Å². The van der Waals surface area contributed by atoms with Gasteiger partial charge in [-0.05, 0) is 67.1 Å². The van der Waals surface area contributed by atoms with E-state index in [9.17, 15) is 18.0 Å². The average Bonchev–Trinajstić information content (AvgIpc) is 2.88. The molecule has 3 aromatic rings. The molecule has 8 nitrogen and oxygen atoms in total. The van der Waals surface area contributed by atoms with Gasteiger partial charge >= 0.3 is 0 Å². The SMILES string of the molecule is CCC(=O)Nc1ccc(S(=O)(=O)Nc2ccc3c(c2)C(=O)Nc2cc(Cl)ccc2O3)c(C)c1. The molecule has 1 aliphatic heterocycles. The molecule has 0 bridgehead atoms. The van der Waals surface area contributed by atoms with E-state index in [0.29, 0.717) is 34.1 Å². The van der Waals surface area contributed by atoms with Crippen molar-refractivity contribution in [1.29, 1.82) is 0 Å². The van der Waals surface area contributed by atoms with E-state index in [1.165, 1.54) is 30.3 Å². The molecule has 4 rings (SSSR count). The van der Waals surface area contributed by atoms with Crippen LogP contribution in [0.5, 0.6) is 11.5 Å². The molecule has 0 unspecified atom stereocenters. The van der Waals surface area contributed by atoms with Crippen LogP contribution in [-0.4, -0.2) is 20.2 Å². The number of halogens is 1. The van der Waals surface area contributed by atoms with Crippen molar-refractivity contribution in [3.05, 3.63) is 70.7 Å². The van der Waals surface area contributed by atoms with Gasteiger partial charge in [0.1, 0.15) is 5.75 Å². The van der Waals surface area contributed by atoms with Crippen LogP contribution in [-0.2, 0) is 14.8 Å². The minimum Gasteiger partial charge on any atom is -0.454 e. The van der Waals surface area contributed by atoms with Gasteiger partial charge in [-0.25, -0.2) is 8.42 Å². The number of ether oxygens (including phenoxy) is 1. The maximum absolute atomic E-state index is 13.0. The molecule has 0 aromatic heterocycles. The molecule has 3 N–H and O–H groups in total. The van der Waals surface area contributed by atoms with Crippen LogP contribution in [0.25, 0.3) is 0 Å². The molecule has 2 amide bonds. The Balaban J connectivity index is 1.60. The van der Waals surface area contributed by atoms with Crippen molar-refractivity contribution >= 4 is 50.5 Å². The summed E-state index contributed by atoms with van der Waals surface area (Å²) in [5.74, 6) is 0.0757. The molecule has 0 radical (unpaired) electrons. The number of aryl methyl sites for hydroxylation is 1. The Labute approximate surface area is 196 Å². The summed E-state index contributed by atoms with van der Waals surface area (Å²) in [7, 11) is -3.96. The summed E-state index contributed by atoms with van der Waals surface area (Å²) in [6.07, 6.45) is 0.314. The van der Waals surface area contributed by atoms with Crippen LogP contribution in [0.15, 0.2) is 59.5 Å². The van der Waals surface area contributed by atoms with Crippen molar-refractivity contribution in [3.63, 3.8) is 0 Å². The van der Waals surface area contributed by atoms with Gasteiger partial charge in [0.05, 0.1) is 16.1 Å². The Morgan fingerprint density at radius 1 is 1.03 bits per heavy atom. The van der Waals surface area contributed by atoms with Gasteiger partial charge in [0, 0.05) is 22.8 Å². The van der Waals surface area contributed by atoms with Crippen molar-refractivity contribution in [2.75, 3.05) is 15.4 Å². The van der Waals surface area contributed by atoms with E-state index in [0.717, 1.165) is 0 Å². The van der Waals surface area contributed by atoms with Crippen LogP contribution in [0.2, 0.25) is 5.02 Å². The highest BCUT2D eigenvalue weighted by Gasteiger charge is 2.23. The summed E-state index contributed by atoms with van der Waals surface area (Å²) in [4.78, 5) is 24.4. The maximum Gasteiger partial charge on any atom is 0.262 e. The van der Waals surface area contributed by atoms with Crippen LogP contribution in [0.4, 0.5) is 17.1 Å². The van der Waals surface area contributed by atoms with Gasteiger partial charge in [-0.15, -0.1) is 0 Å². The maximum atomic E-state index is 13.0. The van der Waals surface area contributed by atoms with E-state index in [1.54, 1.807) is 38.1 Å². The molecule has 1 aliphatic rings. The van der Waals surface area contributed by atoms with Gasteiger partial charge < -0.3 is 15.4 Å². The highest BCUT2D eigenvalue weighted by atomic mass is 35.5. The summed E-state index contributed by atoms with van der Waals surface area (Å²) in [5.41, 5.74) is 1.74. The third kappa shape index (κ3) is 4.79. The fraction of sp³-hybridized carbons (Fsp3) is 0.130. The summed E-state index contributed by atoms with van der Waals surface area (Å²) in [6, 6.07) is 13.8. The third-order valence-corrected chi connectivity index (χ3v) is 6.73. The molecule has 10 heteroatoms. The molecular weight excluding hydrogens is 466 g/mol. The second kappa shape index (κ2) is 8.76. The van der Waals surface area contributed by atoms with E-state index < -0.39 is 15.9 Å². The largest absolute Gasteiger partial charge is 0.454 e. The zero-order chi connectivity index (χ0) is 23.8. The molecule has 0 aliphatic carbocycles. The predicted molar refractivity (Wildman–Crippen MR) is 127 cm³/mol. The predicted octanol–water partition coefficient (Wildman–Crippen LogP) is 5.16. The van der Waals surface area contributed by atoms with Gasteiger partial charge in [-0.2, -0.15) is 0 Å². The fourth-order valence-corrected chi connectivity index (χ4v) is 4.79. The minimum atomic E-state index is -3.96. The Morgan fingerprint density at radius 2 is 1.76 bits per heavy atom. The number of carbonyl (C=O) groups excluding carboxylic acids is 2. The van der Waals surface area contributed by atoms with Crippen molar-refractivity contribution in [3.8, 4) is 11.5 Å². The Bertz CT molecular complexity index is 1390. The number of hydrogen-bond donors (Lipinski definition) is 3. The third-order valence-electron chi connectivity index (χ3n) is 4.96. The number of hydrogen-bond acceptors (Lipinski definition) is 5. The van der Waals surface area contributed by atoms with Crippen molar-refractivity contribution in [2.45, 2.75) is 25.2 Å². The highest BCUT2D eigenvalue weighted by molar-refractivity contribution is 7.92. The lowest BCUT2D eigenvalue weighted by molar-refractivity contribution is -0.115. The van der Waals surface area contributed by atoms with Crippen LogP contribution < -0.4 is 20.1 Å². The first kappa shape index (κ1) is 22.6. The second-order valence-corrected chi connectivity index (χ2v) is 9.48. The molecule has 3 aromatic carbocycles. The standard InChI is InChI=1S/C23H20ClN3O5S/c1-3-22(28)25-15-6-9-21(13(2)10-15)33(30,31)27-16-5-8-19-17(12-16)23(29)26-18-11-14(24)4-7-20(18)32-19/h4-12,27H,3H2,1-2H3,(H,25,28)(H,26,29). The number of carbonyl (C=O) groups is 2. The summed E-state index contributed by atoms with van der Waals surface area (Å²) in [6.45, 7) is 3.36. The zero-order valence-corrected chi connectivity index (χ0v) is 19.3. The highest BCUT2D eigenvalue weighted by Crippen LogP contribution is 2.38. The van der Waals surface area contributed by atoms with Crippen molar-refractivity contribution in [1.82, 2.24) is 0 Å². The smallest absolute Gasteiger partial charge is 0.262 e. The number of nitrogens with one attached hydrogen (secondary N) is 3. The van der Waals surface area contributed by atoms with Gasteiger partial charge in [0.25, 0.3) is 15.9 Å². The van der Waals surface area contributed by atoms with Gasteiger partial charge in [0.2, 0.25) is 5.91 Å². The number of amides is 2. The molecule has 0 saturated heterocycles. The topological polar surface area (TPSA) is 114 Å². The minimum absolute atomic E-state index is 0.0506. The first-order valence-electron chi connectivity index (χ1n) is 10.0. The number of fused-ring (bicyclic) bond motifs is 2. The average molecular weight is 486 g/mol. The van der Waals surface area contributed by atoms with Crippen LogP contribution in [0.3, 0.4) is 0 Å². The van der Waals surface area contributed by atoms with Crippen molar-refractivity contribution < 1.29 is 22.7 Å². The van der Waals surface area contributed by atoms with E-state index in [-0.39, 0.29) is 27.8 Å². The van der Waals surface area contributed by atoms with Crippen LogP contribution in [0.1, 0.15) is 29.3 Å². The van der Waals surface area contributed by atoms with Gasteiger partial charge in [0.15, 0.2) is 5.75 Å². The molecule has 0 spiro atoms. The molecule has 0 saturated carbocycles. The van der Waals surface area contributed by atoms with E-state index in [4.69, 9.17) is 16.3 Å². The molecule has 0 fully saturated rings. The Hall–Kier alpha value is -3.56. The molecule has 33 heavy (non-hydrogen) atoms. The first-order valence-corrected chi connectivity index (χ1v) is 11.9. The quantitative estimate of drug-likeness (QED) is 0.462. The Kier molecular flexibility index (Phi) is 6.01. The number of anilines is 3. The first-order chi connectivity index (χ1) is 15.7. The van der Waals surface area contributed by atoms with Gasteiger partial charge in [-0.3, -0.25) is 14.3 Å². The lowest BCUT2D eigenvalue weighted by Crippen LogP contribution is -2.16. The summed E-state index contributed by atoms with van der Waals surface area (Å²) in [5, 5.41) is 5.85. The van der Waals surface area contributed by atoms with Gasteiger partial charge in [-0.1, -0.05) is 18.5 Å². The number of sulfonamides is 1. The van der Waals surface area contributed by atoms with E-state index >= 15 is 0 Å². The lowest BCUT2D eigenvalue weighted by atomic mass is 10.1. The summed E-state index contributed by atoms with van der Waals surface area (Å²) < 4.78 is 34.3. The summed E-state index contributed by atoms with van der Waals surface area (Å²) >= 11 is 6.00. The normalized spacial score (nSPS) is 12.5. The second-order valence-electron chi connectivity index (χ2n) is 7.40. The molecule has 1 heterocycles. The number of rotatable bonds is 5. The van der Waals surface area contributed by atoms with Crippen LogP contribution >= 0.6 is 11.6 Å². The van der Waals surface area contributed by atoms with E-state index in [2.05, 4.69) is 15.4 Å². The van der Waals surface area contributed by atoms with Crippen LogP contribution in [0, 0.1) is 6.92 Å². The zero-order valence-electron chi connectivity index (χ0n) is 17.7. The number of benzene rings is 3. The monoisotopic (exact) mass is 485 g/mol. The Morgan fingerprint density at radius 3 is 2.48 bits per heavy atom. The molecule has 0 atom stereocenters. The molecule has 170 valence electrons. The lowest BCUT2D eigenvalue weighted by Gasteiger charge is -2.13. The molecular formula is C23H20ClN3O5S.